The summed E-state index contributed by atoms with van der Waals surface area (Å²) in [5, 5.41) is 3.47. The van der Waals surface area contributed by atoms with Crippen LogP contribution in [0.4, 0.5) is 5.69 Å². The van der Waals surface area contributed by atoms with Crippen LogP contribution in [0.5, 0.6) is 0 Å². The van der Waals surface area contributed by atoms with Gasteiger partial charge in [0.1, 0.15) is 0 Å². The van der Waals surface area contributed by atoms with Crippen LogP contribution in [-0.4, -0.2) is 19.3 Å². The summed E-state index contributed by atoms with van der Waals surface area (Å²) in [7, 11) is 0. The average molecular weight is 205 g/mol. The Morgan fingerprint density at radius 1 is 1.33 bits per heavy atom. The number of hydrogen-bond acceptors (Lipinski definition) is 2. The molecule has 1 aliphatic heterocycles. The van der Waals surface area contributed by atoms with Gasteiger partial charge < -0.3 is 10.1 Å². The van der Waals surface area contributed by atoms with Crippen LogP contribution in [0.1, 0.15) is 23.1 Å². The second kappa shape index (κ2) is 4.23. The topological polar surface area (TPSA) is 21.3 Å². The van der Waals surface area contributed by atoms with Crippen molar-refractivity contribution >= 4 is 5.69 Å². The minimum atomic E-state index is 0.421. The third-order valence-corrected chi connectivity index (χ3v) is 3.13. The van der Waals surface area contributed by atoms with Crippen LogP contribution in [0.2, 0.25) is 0 Å². The van der Waals surface area contributed by atoms with E-state index in [-0.39, 0.29) is 0 Å². The molecule has 2 heteroatoms. The first-order valence-corrected chi connectivity index (χ1v) is 5.60. The summed E-state index contributed by atoms with van der Waals surface area (Å²) in [5.74, 6) is 0. The zero-order valence-corrected chi connectivity index (χ0v) is 9.76. The highest BCUT2D eigenvalue weighted by atomic mass is 16.5. The highest BCUT2D eigenvalue weighted by molar-refractivity contribution is 5.55. The lowest BCUT2D eigenvalue weighted by Crippen LogP contribution is -2.33. The molecule has 0 radical (unpaired) electrons. The lowest BCUT2D eigenvalue weighted by Gasteiger charge is -2.27. The molecule has 1 saturated heterocycles. The van der Waals surface area contributed by atoms with E-state index in [0.717, 1.165) is 13.2 Å². The molecule has 1 aromatic carbocycles. The highest BCUT2D eigenvalue weighted by Crippen LogP contribution is 2.21. The van der Waals surface area contributed by atoms with Crippen molar-refractivity contribution in [3.8, 4) is 0 Å². The van der Waals surface area contributed by atoms with E-state index < -0.39 is 0 Å². The molecule has 0 aliphatic carbocycles. The van der Waals surface area contributed by atoms with E-state index in [0.29, 0.717) is 6.10 Å². The van der Waals surface area contributed by atoms with Crippen LogP contribution in [-0.2, 0) is 4.74 Å². The van der Waals surface area contributed by atoms with Crippen molar-refractivity contribution in [2.75, 3.05) is 18.5 Å². The zero-order chi connectivity index (χ0) is 10.8. The Balaban J connectivity index is 2.05. The van der Waals surface area contributed by atoms with Gasteiger partial charge in [0.25, 0.3) is 0 Å². The quantitative estimate of drug-likeness (QED) is 0.819. The first-order chi connectivity index (χ1) is 7.16. The summed E-state index contributed by atoms with van der Waals surface area (Å²) < 4.78 is 5.39. The molecule has 1 aliphatic rings. The maximum Gasteiger partial charge on any atom is 0.0769 e. The van der Waals surface area contributed by atoms with Crippen molar-refractivity contribution in [1.82, 2.24) is 0 Å². The normalized spacial score (nSPS) is 19.8. The average Bonchev–Trinajstić information content (AvgIpc) is 2.10. The summed E-state index contributed by atoms with van der Waals surface area (Å²) in [6.07, 6.45) is 1.61. The van der Waals surface area contributed by atoms with E-state index in [4.69, 9.17) is 4.74 Å². The Hall–Kier alpha value is -1.02. The van der Waals surface area contributed by atoms with Crippen molar-refractivity contribution in [1.29, 1.82) is 0 Å². The molecule has 0 unspecified atom stereocenters. The molecule has 0 saturated carbocycles. The number of nitrogens with one attached hydrogen (secondary N) is 1. The molecule has 2 rings (SSSR count). The Morgan fingerprint density at radius 3 is 2.67 bits per heavy atom. The largest absolute Gasteiger partial charge is 0.382 e. The summed E-state index contributed by atoms with van der Waals surface area (Å²) in [6.45, 7) is 8.32. The van der Waals surface area contributed by atoms with Crippen LogP contribution in [0.25, 0.3) is 0 Å². The Morgan fingerprint density at radius 2 is 2.07 bits per heavy atom. The molecule has 1 aromatic rings. The molecule has 1 heterocycles. The maximum atomic E-state index is 5.39. The van der Waals surface area contributed by atoms with Gasteiger partial charge in [0.2, 0.25) is 0 Å². The summed E-state index contributed by atoms with van der Waals surface area (Å²) in [4.78, 5) is 0. The number of aryl methyl sites for hydroxylation is 2. The van der Waals surface area contributed by atoms with Crippen molar-refractivity contribution in [2.45, 2.75) is 33.3 Å². The minimum Gasteiger partial charge on any atom is -0.382 e. The number of ether oxygens (including phenoxy) is 1. The second-order valence-electron chi connectivity index (χ2n) is 4.42. The van der Waals surface area contributed by atoms with Crippen LogP contribution in [0.3, 0.4) is 0 Å². The van der Waals surface area contributed by atoms with E-state index in [1.165, 1.54) is 28.8 Å². The molecule has 0 spiro atoms. The Bertz CT molecular complexity index is 356. The summed E-state index contributed by atoms with van der Waals surface area (Å²) in [5.41, 5.74) is 5.27. The molecule has 0 amide bonds. The standard InChI is InChI=1S/C13H19NO/c1-9-6-10(2)11(3)13(7-9)14-8-12-4-5-15-12/h6-7,12,14H,4-5,8H2,1-3H3/t12-/m0/s1. The molecule has 82 valence electrons. The number of rotatable bonds is 3. The summed E-state index contributed by atoms with van der Waals surface area (Å²) >= 11 is 0. The predicted molar refractivity (Wildman–Crippen MR) is 63.5 cm³/mol. The van der Waals surface area contributed by atoms with Crippen LogP contribution < -0.4 is 5.32 Å². The molecule has 15 heavy (non-hydrogen) atoms. The highest BCUT2D eigenvalue weighted by Gasteiger charge is 2.17. The van der Waals surface area contributed by atoms with Crippen molar-refractivity contribution in [3.63, 3.8) is 0 Å². The molecule has 0 bridgehead atoms. The number of benzene rings is 1. The fraction of sp³-hybridized carbons (Fsp3) is 0.538. The van der Waals surface area contributed by atoms with Crippen molar-refractivity contribution < 1.29 is 4.74 Å². The molecule has 1 atom stereocenters. The van der Waals surface area contributed by atoms with E-state index in [9.17, 15) is 0 Å². The molecular formula is C13H19NO. The lowest BCUT2D eigenvalue weighted by atomic mass is 10.0. The van der Waals surface area contributed by atoms with Gasteiger partial charge in [-0.15, -0.1) is 0 Å². The molecule has 1 fully saturated rings. The number of anilines is 1. The zero-order valence-electron chi connectivity index (χ0n) is 9.76. The first kappa shape index (κ1) is 10.5. The van der Waals surface area contributed by atoms with Gasteiger partial charge in [0.05, 0.1) is 6.10 Å². The Labute approximate surface area is 91.6 Å². The van der Waals surface area contributed by atoms with Crippen molar-refractivity contribution in [2.24, 2.45) is 0 Å². The lowest BCUT2D eigenvalue weighted by molar-refractivity contribution is -0.0410. The van der Waals surface area contributed by atoms with Crippen LogP contribution in [0.15, 0.2) is 12.1 Å². The predicted octanol–water partition coefficient (Wildman–Crippen LogP) is 2.81. The van der Waals surface area contributed by atoms with E-state index >= 15 is 0 Å². The maximum absolute atomic E-state index is 5.39. The van der Waals surface area contributed by atoms with E-state index in [1.807, 2.05) is 0 Å². The Kier molecular flexibility index (Phi) is 2.96. The molecule has 0 aromatic heterocycles. The third kappa shape index (κ3) is 2.32. The first-order valence-electron chi connectivity index (χ1n) is 5.60. The fourth-order valence-corrected chi connectivity index (χ4v) is 1.89. The van der Waals surface area contributed by atoms with E-state index in [1.54, 1.807) is 0 Å². The smallest absolute Gasteiger partial charge is 0.0769 e. The summed E-state index contributed by atoms with van der Waals surface area (Å²) in [6, 6.07) is 4.43. The van der Waals surface area contributed by atoms with Gasteiger partial charge >= 0.3 is 0 Å². The van der Waals surface area contributed by atoms with Gasteiger partial charge in [-0.1, -0.05) is 6.07 Å². The van der Waals surface area contributed by atoms with E-state index in [2.05, 4.69) is 38.2 Å². The van der Waals surface area contributed by atoms with Crippen LogP contribution >= 0.6 is 0 Å². The fourth-order valence-electron chi connectivity index (χ4n) is 1.89. The van der Waals surface area contributed by atoms with Gasteiger partial charge in [-0.2, -0.15) is 0 Å². The van der Waals surface area contributed by atoms with Gasteiger partial charge in [0.15, 0.2) is 0 Å². The molecule has 2 nitrogen and oxygen atoms in total. The second-order valence-corrected chi connectivity index (χ2v) is 4.42. The van der Waals surface area contributed by atoms with Crippen molar-refractivity contribution in [3.05, 3.63) is 28.8 Å². The van der Waals surface area contributed by atoms with Gasteiger partial charge in [-0.3, -0.25) is 0 Å². The molecule has 1 N–H and O–H groups in total. The third-order valence-electron chi connectivity index (χ3n) is 3.13. The SMILES string of the molecule is Cc1cc(C)c(C)c(NC[C@@H]2CCO2)c1. The van der Waals surface area contributed by atoms with Gasteiger partial charge in [-0.25, -0.2) is 0 Å². The van der Waals surface area contributed by atoms with Gasteiger partial charge in [-0.05, 0) is 49.9 Å². The number of hydrogen-bond donors (Lipinski definition) is 1. The molecular weight excluding hydrogens is 186 g/mol. The minimum absolute atomic E-state index is 0.421. The monoisotopic (exact) mass is 205 g/mol. The van der Waals surface area contributed by atoms with Crippen LogP contribution in [0, 0.1) is 20.8 Å². The van der Waals surface area contributed by atoms with Gasteiger partial charge in [0, 0.05) is 18.8 Å².